The van der Waals surface area contributed by atoms with Crippen LogP contribution in [0.25, 0.3) is 11.4 Å². The molecule has 1 amide bonds. The highest BCUT2D eigenvalue weighted by atomic mass is 16.5. The molecule has 2 aliphatic rings. The number of likely N-dealkylation sites (tertiary alicyclic amines) is 1. The molecule has 0 aromatic carbocycles. The third-order valence-electron chi connectivity index (χ3n) is 5.50. The van der Waals surface area contributed by atoms with E-state index in [9.17, 15) is 4.79 Å². The molecular formula is C19H24N4O2. The number of hydrogen-bond donors (Lipinski definition) is 0. The third kappa shape index (κ3) is 3.57. The molecule has 1 saturated heterocycles. The van der Waals surface area contributed by atoms with Crippen LogP contribution in [0.5, 0.6) is 0 Å². The largest absolute Gasteiger partial charge is 0.339 e. The first-order valence-electron chi connectivity index (χ1n) is 9.34. The van der Waals surface area contributed by atoms with E-state index < -0.39 is 0 Å². The minimum Gasteiger partial charge on any atom is -0.339 e. The van der Waals surface area contributed by atoms with Crippen molar-refractivity contribution in [3.05, 3.63) is 30.4 Å². The molecule has 1 saturated carbocycles. The van der Waals surface area contributed by atoms with E-state index in [1.54, 1.807) is 12.4 Å². The van der Waals surface area contributed by atoms with Gasteiger partial charge in [0.05, 0.1) is 0 Å². The van der Waals surface area contributed by atoms with Gasteiger partial charge in [0, 0.05) is 43.4 Å². The SMILES string of the molecule is O=C(CCc1nc(-c2cccnc2)no1)N1CCCC2CCCCC21. The Morgan fingerprint density at radius 1 is 1.24 bits per heavy atom. The highest BCUT2D eigenvalue weighted by molar-refractivity contribution is 5.76. The zero-order valence-corrected chi connectivity index (χ0v) is 14.4. The molecule has 2 unspecified atom stereocenters. The molecule has 0 bridgehead atoms. The van der Waals surface area contributed by atoms with Gasteiger partial charge in [0.15, 0.2) is 0 Å². The molecule has 6 nitrogen and oxygen atoms in total. The minimum atomic E-state index is 0.234. The van der Waals surface area contributed by atoms with E-state index in [2.05, 4.69) is 20.0 Å². The molecule has 1 aliphatic carbocycles. The Kier molecular flexibility index (Phi) is 4.76. The summed E-state index contributed by atoms with van der Waals surface area (Å²) < 4.78 is 5.30. The Balaban J connectivity index is 1.36. The lowest BCUT2D eigenvalue weighted by Gasteiger charge is -2.44. The maximum absolute atomic E-state index is 12.7. The summed E-state index contributed by atoms with van der Waals surface area (Å²) in [4.78, 5) is 23.3. The number of aryl methyl sites for hydroxylation is 1. The van der Waals surface area contributed by atoms with Gasteiger partial charge in [-0.15, -0.1) is 0 Å². The molecule has 0 spiro atoms. The molecule has 2 atom stereocenters. The van der Waals surface area contributed by atoms with Gasteiger partial charge in [-0.2, -0.15) is 4.98 Å². The van der Waals surface area contributed by atoms with Crippen molar-refractivity contribution in [2.24, 2.45) is 5.92 Å². The van der Waals surface area contributed by atoms with Crippen molar-refractivity contribution in [1.82, 2.24) is 20.0 Å². The molecule has 1 aliphatic heterocycles. The maximum atomic E-state index is 12.7. The van der Waals surface area contributed by atoms with E-state index in [0.717, 1.165) is 18.5 Å². The number of carbonyl (C=O) groups is 1. The Bertz CT molecular complexity index is 713. The van der Waals surface area contributed by atoms with Gasteiger partial charge in [0.25, 0.3) is 0 Å². The molecule has 6 heteroatoms. The lowest BCUT2D eigenvalue weighted by atomic mass is 9.78. The number of nitrogens with zero attached hydrogens (tertiary/aromatic N) is 4. The number of aromatic nitrogens is 3. The second-order valence-corrected chi connectivity index (χ2v) is 7.09. The van der Waals surface area contributed by atoms with Crippen molar-refractivity contribution >= 4 is 5.91 Å². The number of carbonyl (C=O) groups excluding carboxylic acids is 1. The molecule has 4 rings (SSSR count). The van der Waals surface area contributed by atoms with Crippen molar-refractivity contribution in [3.63, 3.8) is 0 Å². The van der Waals surface area contributed by atoms with Crippen molar-refractivity contribution in [1.29, 1.82) is 0 Å². The quantitative estimate of drug-likeness (QED) is 0.854. The molecule has 2 aromatic rings. The summed E-state index contributed by atoms with van der Waals surface area (Å²) in [6, 6.07) is 4.19. The van der Waals surface area contributed by atoms with Crippen molar-refractivity contribution in [2.45, 2.75) is 57.4 Å². The zero-order chi connectivity index (χ0) is 17.1. The molecule has 2 fully saturated rings. The van der Waals surface area contributed by atoms with Crippen LogP contribution in [0.2, 0.25) is 0 Å². The van der Waals surface area contributed by atoms with E-state index in [4.69, 9.17) is 4.52 Å². The number of hydrogen-bond acceptors (Lipinski definition) is 5. The molecule has 25 heavy (non-hydrogen) atoms. The Morgan fingerprint density at radius 3 is 3.00 bits per heavy atom. The summed E-state index contributed by atoms with van der Waals surface area (Å²) >= 11 is 0. The van der Waals surface area contributed by atoms with Crippen LogP contribution in [0, 0.1) is 5.92 Å². The minimum absolute atomic E-state index is 0.234. The van der Waals surface area contributed by atoms with Gasteiger partial charge in [-0.05, 0) is 43.7 Å². The number of rotatable bonds is 4. The number of amides is 1. The Hall–Kier alpha value is -2.24. The van der Waals surface area contributed by atoms with Gasteiger partial charge < -0.3 is 9.42 Å². The van der Waals surface area contributed by atoms with E-state index >= 15 is 0 Å². The molecule has 132 valence electrons. The standard InChI is InChI=1S/C19H24N4O2/c24-18(23-12-4-7-14-5-1-2-8-16(14)23)10-9-17-21-19(22-25-17)15-6-3-11-20-13-15/h3,6,11,13-14,16H,1-2,4-5,7-10,12H2. The van der Waals surface area contributed by atoms with Gasteiger partial charge >= 0.3 is 0 Å². The second-order valence-electron chi connectivity index (χ2n) is 7.09. The van der Waals surface area contributed by atoms with Crippen LogP contribution in [0.1, 0.15) is 50.8 Å². The highest BCUT2D eigenvalue weighted by Gasteiger charge is 2.35. The smallest absolute Gasteiger partial charge is 0.227 e. The first kappa shape index (κ1) is 16.2. The zero-order valence-electron chi connectivity index (χ0n) is 14.4. The molecule has 2 aromatic heterocycles. The van der Waals surface area contributed by atoms with E-state index in [1.165, 1.54) is 32.1 Å². The maximum Gasteiger partial charge on any atom is 0.227 e. The summed E-state index contributed by atoms with van der Waals surface area (Å²) in [6.45, 7) is 0.908. The first-order chi connectivity index (χ1) is 12.3. The van der Waals surface area contributed by atoms with Crippen LogP contribution in [0.3, 0.4) is 0 Å². The summed E-state index contributed by atoms with van der Waals surface area (Å²) in [5.74, 6) is 2.00. The lowest BCUT2D eigenvalue weighted by molar-refractivity contribution is -0.137. The fourth-order valence-electron chi connectivity index (χ4n) is 4.26. The van der Waals surface area contributed by atoms with Gasteiger partial charge in [0.2, 0.25) is 17.6 Å². The van der Waals surface area contributed by atoms with Crippen molar-refractivity contribution in [2.75, 3.05) is 6.54 Å². The van der Waals surface area contributed by atoms with E-state index in [1.807, 2.05) is 12.1 Å². The van der Waals surface area contributed by atoms with Crippen molar-refractivity contribution in [3.8, 4) is 11.4 Å². The van der Waals surface area contributed by atoms with Crippen LogP contribution in [0.15, 0.2) is 29.0 Å². The fourth-order valence-corrected chi connectivity index (χ4v) is 4.26. The molecular weight excluding hydrogens is 316 g/mol. The monoisotopic (exact) mass is 340 g/mol. The van der Waals surface area contributed by atoms with E-state index in [0.29, 0.717) is 36.5 Å². The van der Waals surface area contributed by atoms with Crippen LogP contribution in [-0.4, -0.2) is 38.5 Å². The number of pyridine rings is 1. The van der Waals surface area contributed by atoms with E-state index in [-0.39, 0.29) is 5.91 Å². The summed E-state index contributed by atoms with van der Waals surface area (Å²) in [6.07, 6.45) is 11.8. The summed E-state index contributed by atoms with van der Waals surface area (Å²) in [5, 5.41) is 3.99. The second kappa shape index (κ2) is 7.33. The number of fused-ring (bicyclic) bond motifs is 1. The predicted molar refractivity (Wildman–Crippen MR) is 92.5 cm³/mol. The normalized spacial score (nSPS) is 23.3. The fraction of sp³-hybridized carbons (Fsp3) is 0.579. The average molecular weight is 340 g/mol. The first-order valence-corrected chi connectivity index (χ1v) is 9.34. The lowest BCUT2D eigenvalue weighted by Crippen LogP contribution is -2.49. The highest BCUT2D eigenvalue weighted by Crippen LogP contribution is 2.35. The third-order valence-corrected chi connectivity index (χ3v) is 5.50. The van der Waals surface area contributed by atoms with Gasteiger partial charge in [-0.3, -0.25) is 9.78 Å². The topological polar surface area (TPSA) is 72.1 Å². The van der Waals surface area contributed by atoms with Gasteiger partial charge in [-0.25, -0.2) is 0 Å². The Labute approximate surface area is 147 Å². The van der Waals surface area contributed by atoms with Gasteiger partial charge in [-0.1, -0.05) is 18.0 Å². The summed E-state index contributed by atoms with van der Waals surface area (Å²) in [7, 11) is 0. The number of piperidine rings is 1. The van der Waals surface area contributed by atoms with Gasteiger partial charge in [0.1, 0.15) is 0 Å². The Morgan fingerprint density at radius 2 is 2.12 bits per heavy atom. The van der Waals surface area contributed by atoms with Crippen LogP contribution < -0.4 is 0 Å². The predicted octanol–water partition coefficient (Wildman–Crippen LogP) is 3.25. The molecule has 0 N–H and O–H groups in total. The van der Waals surface area contributed by atoms with Crippen LogP contribution >= 0.6 is 0 Å². The van der Waals surface area contributed by atoms with Crippen molar-refractivity contribution < 1.29 is 9.32 Å². The van der Waals surface area contributed by atoms with Crippen LogP contribution in [-0.2, 0) is 11.2 Å². The molecule has 3 heterocycles. The average Bonchev–Trinajstić information content (AvgIpc) is 3.15. The summed E-state index contributed by atoms with van der Waals surface area (Å²) in [5.41, 5.74) is 0.824. The van der Waals surface area contributed by atoms with Crippen LogP contribution in [0.4, 0.5) is 0 Å². The molecule has 0 radical (unpaired) electrons.